The molecule has 0 aliphatic heterocycles. The Balaban J connectivity index is -0.0000000800. The Hall–Kier alpha value is 1.22. The van der Waals surface area contributed by atoms with Gasteiger partial charge in [-0.1, -0.05) is 0 Å². The zero-order valence-electron chi connectivity index (χ0n) is 3.00. The third-order valence-electron chi connectivity index (χ3n) is 0. The van der Waals surface area contributed by atoms with E-state index in [0.29, 0.717) is 0 Å². The van der Waals surface area contributed by atoms with Crippen LogP contribution in [-0.4, -0.2) is 45.8 Å². The number of rotatable bonds is 0. The fraction of sp³-hybridized carbons (Fsp3) is 0. The molecule has 0 amide bonds. The van der Waals surface area contributed by atoms with E-state index >= 15 is 0 Å². The first-order valence-electron chi connectivity index (χ1n) is 0.894. The maximum atomic E-state index is 7.33. The SMILES string of the molecule is O[Si](O)(O)O.[GeH4].[Zn]. The number of hydrogen-bond acceptors (Lipinski definition) is 4. The largest absolute Gasteiger partial charge is 0 e. The van der Waals surface area contributed by atoms with Crippen LogP contribution in [-0.2, 0) is 19.5 Å². The molecule has 0 rings (SSSR count). The molecule has 0 saturated heterocycles. The normalized spacial score (nSPS) is 8.57. The van der Waals surface area contributed by atoms with Gasteiger partial charge in [0.05, 0.1) is 0 Å². The summed E-state index contributed by atoms with van der Waals surface area (Å²) in [4.78, 5) is 29.3. The van der Waals surface area contributed by atoms with Gasteiger partial charge in [-0.15, -0.1) is 0 Å². The van der Waals surface area contributed by atoms with E-state index in [2.05, 4.69) is 0 Å². The van der Waals surface area contributed by atoms with E-state index in [9.17, 15) is 0 Å². The van der Waals surface area contributed by atoms with Crippen molar-refractivity contribution in [1.82, 2.24) is 0 Å². The van der Waals surface area contributed by atoms with E-state index in [1.165, 1.54) is 0 Å². The molecular weight excluding hydrogens is 230 g/mol. The van der Waals surface area contributed by atoms with E-state index in [4.69, 9.17) is 19.2 Å². The van der Waals surface area contributed by atoms with E-state index in [1.54, 1.807) is 0 Å². The second-order valence-corrected chi connectivity index (χ2v) is 1.80. The van der Waals surface area contributed by atoms with Crippen molar-refractivity contribution in [1.29, 1.82) is 0 Å². The van der Waals surface area contributed by atoms with Gasteiger partial charge in [0.15, 0.2) is 0 Å². The molecule has 0 unspecified atom stereocenters. The molecule has 0 aromatic carbocycles. The fourth-order valence-electron chi connectivity index (χ4n) is 0. The van der Waals surface area contributed by atoms with E-state index in [1.807, 2.05) is 0 Å². The summed E-state index contributed by atoms with van der Waals surface area (Å²) in [6, 6.07) is 0. The molecule has 7 heteroatoms. The minimum Gasteiger partial charge on any atom is 0 e. The summed E-state index contributed by atoms with van der Waals surface area (Å²) in [7, 11) is -4.61. The van der Waals surface area contributed by atoms with E-state index in [-0.39, 0.29) is 37.1 Å². The van der Waals surface area contributed by atoms with Crippen LogP contribution < -0.4 is 0 Å². The van der Waals surface area contributed by atoms with Gasteiger partial charge in [-0.2, -0.15) is 0 Å². The summed E-state index contributed by atoms with van der Waals surface area (Å²) >= 11 is 0. The maximum absolute atomic E-state index is 7.33. The van der Waals surface area contributed by atoms with Crippen molar-refractivity contribution < 1.29 is 38.7 Å². The predicted octanol–water partition coefficient (Wildman–Crippen LogP) is -4.06. The van der Waals surface area contributed by atoms with Gasteiger partial charge in [0.1, 0.15) is 0 Å². The van der Waals surface area contributed by atoms with E-state index in [0.717, 1.165) is 0 Å². The van der Waals surface area contributed by atoms with Crippen LogP contribution in [0.25, 0.3) is 0 Å². The van der Waals surface area contributed by atoms with E-state index < -0.39 is 9.05 Å². The second-order valence-electron chi connectivity index (χ2n) is 0.600. The Morgan fingerprint density at radius 1 is 0.857 bits per heavy atom. The molecule has 0 aromatic rings. The molecule has 0 saturated carbocycles. The summed E-state index contributed by atoms with van der Waals surface area (Å²) in [5.74, 6) is 0. The van der Waals surface area contributed by atoms with Crippen LogP contribution in [0.15, 0.2) is 0 Å². The van der Waals surface area contributed by atoms with Crippen LogP contribution in [0.2, 0.25) is 0 Å². The fourth-order valence-corrected chi connectivity index (χ4v) is 0. The van der Waals surface area contributed by atoms with Crippen LogP contribution in [0, 0.1) is 0 Å². The number of hydrogen-bond donors (Lipinski definition) is 4. The van der Waals surface area contributed by atoms with Crippen molar-refractivity contribution in [3.8, 4) is 0 Å². The van der Waals surface area contributed by atoms with Gasteiger partial charge < -0.3 is 19.2 Å². The first-order chi connectivity index (χ1) is 2.00. The zero-order chi connectivity index (χ0) is 4.50. The van der Waals surface area contributed by atoms with Crippen LogP contribution in [0.3, 0.4) is 0 Å². The van der Waals surface area contributed by atoms with Gasteiger partial charge in [0, 0.05) is 19.5 Å². The molecule has 0 aromatic heterocycles. The molecule has 0 fully saturated rings. The Labute approximate surface area is 65.4 Å². The third kappa shape index (κ3) is 132. The third-order valence-corrected chi connectivity index (χ3v) is 0. The Bertz CT molecular complexity index is 27.2. The topological polar surface area (TPSA) is 80.9 Å². The van der Waals surface area contributed by atoms with Gasteiger partial charge in [0.2, 0.25) is 0 Å². The van der Waals surface area contributed by atoms with Gasteiger partial charge in [-0.3, -0.25) is 0 Å². The molecule has 0 bridgehead atoms. The van der Waals surface area contributed by atoms with Gasteiger partial charge in [0.25, 0.3) is 0 Å². The Morgan fingerprint density at radius 2 is 0.857 bits per heavy atom. The molecule has 4 N–H and O–H groups in total. The molecule has 0 spiro atoms. The van der Waals surface area contributed by atoms with Crippen molar-refractivity contribution in [2.75, 3.05) is 0 Å². The minimum atomic E-state index is -4.61. The standard InChI is InChI=1S/GeH4.H4O4Si.Zn/c;1-5(2,3)4;/h1H4;1-4H;. The van der Waals surface area contributed by atoms with Gasteiger partial charge >= 0.3 is 26.6 Å². The predicted molar refractivity (Wildman–Crippen MR) is 26.0 cm³/mol. The summed E-state index contributed by atoms with van der Waals surface area (Å²) in [5, 5.41) is 0. The van der Waals surface area contributed by atoms with Crippen LogP contribution in [0.5, 0.6) is 0 Å². The van der Waals surface area contributed by atoms with Crippen LogP contribution in [0.4, 0.5) is 0 Å². The molecular formula is H8GeO4SiZn. The molecule has 42 valence electrons. The van der Waals surface area contributed by atoms with Crippen LogP contribution >= 0.6 is 0 Å². The molecule has 0 aliphatic rings. The monoisotopic (exact) mass is 238 g/mol. The molecule has 0 aliphatic carbocycles. The first kappa shape index (κ1) is 15.7. The molecule has 4 nitrogen and oxygen atoms in total. The molecule has 0 radical (unpaired) electrons. The van der Waals surface area contributed by atoms with Gasteiger partial charge in [-0.25, -0.2) is 0 Å². The average molecular weight is 238 g/mol. The smallest absolute Gasteiger partial charge is 0 e. The summed E-state index contributed by atoms with van der Waals surface area (Å²) in [6.07, 6.45) is 0. The van der Waals surface area contributed by atoms with Crippen molar-refractivity contribution in [3.05, 3.63) is 0 Å². The minimum absolute atomic E-state index is 0. The van der Waals surface area contributed by atoms with Crippen molar-refractivity contribution in [2.45, 2.75) is 0 Å². The van der Waals surface area contributed by atoms with Crippen molar-refractivity contribution in [3.63, 3.8) is 0 Å². The molecule has 0 atom stereocenters. The van der Waals surface area contributed by atoms with Crippen molar-refractivity contribution in [2.24, 2.45) is 0 Å². The summed E-state index contributed by atoms with van der Waals surface area (Å²) in [5.41, 5.74) is 0. The van der Waals surface area contributed by atoms with Crippen molar-refractivity contribution >= 4 is 26.6 Å². The quantitative estimate of drug-likeness (QED) is 0.324. The Kier molecular flexibility index (Phi) is 12.0. The average Bonchev–Trinajstić information content (AvgIpc) is 0.722. The van der Waals surface area contributed by atoms with Gasteiger partial charge in [-0.05, 0) is 0 Å². The maximum Gasteiger partial charge on any atom is 0 e. The summed E-state index contributed by atoms with van der Waals surface area (Å²) < 4.78 is 0. The zero-order valence-corrected chi connectivity index (χ0v) is 6.96. The van der Waals surface area contributed by atoms with Crippen LogP contribution in [0.1, 0.15) is 0 Å². The molecule has 7 heavy (non-hydrogen) atoms. The summed E-state index contributed by atoms with van der Waals surface area (Å²) in [6.45, 7) is 0. The Morgan fingerprint density at radius 3 is 0.857 bits per heavy atom. The first-order valence-corrected chi connectivity index (χ1v) is 2.68. The molecule has 0 heterocycles. The second kappa shape index (κ2) is 5.36.